The SMILES string of the molecule is O=C(Nc1nc2ccccc2s1)c1cc(F)cc2[nH]c(=S)[nH]c12. The summed E-state index contributed by atoms with van der Waals surface area (Å²) in [6, 6.07) is 10.0. The van der Waals surface area contributed by atoms with Gasteiger partial charge in [-0.05, 0) is 36.5 Å². The fraction of sp³-hybridized carbons (Fsp3) is 0. The van der Waals surface area contributed by atoms with E-state index in [2.05, 4.69) is 20.3 Å². The third kappa shape index (κ3) is 2.51. The average Bonchev–Trinajstić information content (AvgIpc) is 3.07. The maximum atomic E-state index is 13.7. The molecular formula is C15H9FN4OS2. The number of carbonyl (C=O) groups is 1. The van der Waals surface area contributed by atoms with Gasteiger partial charge in [0.05, 0.1) is 26.8 Å². The minimum Gasteiger partial charge on any atom is -0.331 e. The second-order valence-corrected chi connectivity index (χ2v) is 6.33. The van der Waals surface area contributed by atoms with Crippen LogP contribution < -0.4 is 5.32 Å². The number of hydrogen-bond acceptors (Lipinski definition) is 4. The number of nitrogens with one attached hydrogen (secondary N) is 3. The van der Waals surface area contributed by atoms with Gasteiger partial charge in [0.2, 0.25) is 0 Å². The number of rotatable bonds is 2. The van der Waals surface area contributed by atoms with Crippen LogP contribution in [0.1, 0.15) is 10.4 Å². The number of para-hydroxylation sites is 1. The molecule has 0 saturated carbocycles. The van der Waals surface area contributed by atoms with Crippen LogP contribution in [-0.4, -0.2) is 20.9 Å². The molecule has 2 aromatic heterocycles. The lowest BCUT2D eigenvalue weighted by atomic mass is 10.1. The van der Waals surface area contributed by atoms with Crippen LogP contribution in [0.5, 0.6) is 0 Å². The Bertz CT molecular complexity index is 1080. The van der Waals surface area contributed by atoms with Crippen LogP contribution in [0.15, 0.2) is 36.4 Å². The highest BCUT2D eigenvalue weighted by Gasteiger charge is 2.16. The van der Waals surface area contributed by atoms with Gasteiger partial charge in [-0.15, -0.1) is 0 Å². The molecule has 114 valence electrons. The second-order valence-electron chi connectivity index (χ2n) is 4.90. The molecule has 0 spiro atoms. The first-order chi connectivity index (χ1) is 11.1. The molecule has 4 aromatic rings. The molecule has 8 heteroatoms. The number of imidazole rings is 1. The van der Waals surface area contributed by atoms with Crippen molar-refractivity contribution in [3.05, 3.63) is 52.5 Å². The quantitative estimate of drug-likeness (QED) is 0.477. The van der Waals surface area contributed by atoms with Gasteiger partial charge >= 0.3 is 0 Å². The van der Waals surface area contributed by atoms with Gasteiger partial charge < -0.3 is 9.97 Å². The maximum Gasteiger partial charge on any atom is 0.259 e. The van der Waals surface area contributed by atoms with Crippen LogP contribution in [0.4, 0.5) is 9.52 Å². The highest BCUT2D eigenvalue weighted by Crippen LogP contribution is 2.26. The van der Waals surface area contributed by atoms with E-state index in [9.17, 15) is 9.18 Å². The van der Waals surface area contributed by atoms with Gasteiger partial charge in [0, 0.05) is 0 Å². The number of thiazole rings is 1. The molecule has 1 amide bonds. The van der Waals surface area contributed by atoms with Gasteiger partial charge in [0.1, 0.15) is 5.82 Å². The number of anilines is 1. The van der Waals surface area contributed by atoms with Crippen molar-refractivity contribution in [3.63, 3.8) is 0 Å². The molecule has 0 aliphatic rings. The number of carbonyl (C=O) groups excluding carboxylic acids is 1. The molecule has 0 radical (unpaired) electrons. The topological polar surface area (TPSA) is 73.6 Å². The largest absolute Gasteiger partial charge is 0.331 e. The Hall–Kier alpha value is -2.58. The van der Waals surface area contributed by atoms with E-state index in [1.165, 1.54) is 23.5 Å². The number of aromatic nitrogens is 3. The molecule has 4 rings (SSSR count). The first kappa shape index (κ1) is 14.0. The summed E-state index contributed by atoms with van der Waals surface area (Å²) in [5.74, 6) is -0.962. The van der Waals surface area contributed by atoms with Gasteiger partial charge in [-0.1, -0.05) is 23.5 Å². The van der Waals surface area contributed by atoms with E-state index >= 15 is 0 Å². The molecule has 0 saturated heterocycles. The molecule has 0 aliphatic carbocycles. The standard InChI is InChI=1S/C15H9FN4OS2/c16-7-5-8(12-10(6-7)17-14(22)19-12)13(21)20-15-18-9-3-1-2-4-11(9)23-15/h1-6H,(H2,17,19,22)(H,18,20,21). The first-order valence-electron chi connectivity index (χ1n) is 6.68. The van der Waals surface area contributed by atoms with Crippen LogP contribution >= 0.6 is 23.6 Å². The molecule has 3 N–H and O–H groups in total. The van der Waals surface area contributed by atoms with Gasteiger partial charge in [-0.3, -0.25) is 10.1 Å². The lowest BCUT2D eigenvalue weighted by Gasteiger charge is -2.03. The second kappa shape index (κ2) is 5.25. The normalized spacial score (nSPS) is 11.2. The highest BCUT2D eigenvalue weighted by atomic mass is 32.1. The third-order valence-corrected chi connectivity index (χ3v) is 4.50. The van der Waals surface area contributed by atoms with E-state index in [4.69, 9.17) is 12.2 Å². The number of aromatic amines is 2. The summed E-state index contributed by atoms with van der Waals surface area (Å²) in [5, 5.41) is 3.17. The number of benzene rings is 2. The van der Waals surface area contributed by atoms with E-state index < -0.39 is 11.7 Å². The van der Waals surface area contributed by atoms with E-state index in [1.807, 2.05) is 24.3 Å². The third-order valence-electron chi connectivity index (χ3n) is 3.35. The summed E-state index contributed by atoms with van der Waals surface area (Å²) >= 11 is 6.36. The number of nitrogens with zero attached hydrogens (tertiary/aromatic N) is 1. The molecular weight excluding hydrogens is 335 g/mol. The number of amides is 1. The average molecular weight is 344 g/mol. The van der Waals surface area contributed by atoms with Gasteiger partial charge in [-0.25, -0.2) is 9.37 Å². The van der Waals surface area contributed by atoms with Gasteiger partial charge in [0.15, 0.2) is 9.90 Å². The summed E-state index contributed by atoms with van der Waals surface area (Å²) < 4.78 is 15.0. The number of hydrogen-bond donors (Lipinski definition) is 3. The molecule has 0 fully saturated rings. The highest BCUT2D eigenvalue weighted by molar-refractivity contribution is 7.71. The number of H-pyrrole nitrogens is 2. The maximum absolute atomic E-state index is 13.7. The molecule has 2 aromatic carbocycles. The first-order valence-corrected chi connectivity index (χ1v) is 7.91. The summed E-state index contributed by atoms with van der Waals surface area (Å²) in [7, 11) is 0. The van der Waals surface area contributed by atoms with E-state index in [0.29, 0.717) is 20.9 Å². The van der Waals surface area contributed by atoms with Gasteiger partial charge in [0.25, 0.3) is 5.91 Å². The monoisotopic (exact) mass is 344 g/mol. The summed E-state index contributed by atoms with van der Waals surface area (Å²) in [4.78, 5) is 22.5. The van der Waals surface area contributed by atoms with Crippen molar-refractivity contribution in [2.24, 2.45) is 0 Å². The van der Waals surface area contributed by atoms with Gasteiger partial charge in [-0.2, -0.15) is 0 Å². The number of halogens is 1. The minimum absolute atomic E-state index is 0.173. The van der Waals surface area contributed by atoms with Crippen molar-refractivity contribution in [1.29, 1.82) is 0 Å². The van der Waals surface area contributed by atoms with Crippen molar-refractivity contribution in [1.82, 2.24) is 15.0 Å². The van der Waals surface area contributed by atoms with Crippen LogP contribution in [-0.2, 0) is 0 Å². The van der Waals surface area contributed by atoms with E-state index in [-0.39, 0.29) is 5.56 Å². The van der Waals surface area contributed by atoms with Crippen LogP contribution in [0.3, 0.4) is 0 Å². The molecule has 0 atom stereocenters. The summed E-state index contributed by atoms with van der Waals surface area (Å²) in [6.45, 7) is 0. The Morgan fingerprint density at radius 3 is 2.91 bits per heavy atom. The Morgan fingerprint density at radius 1 is 1.26 bits per heavy atom. The fourth-order valence-electron chi connectivity index (χ4n) is 2.38. The van der Waals surface area contributed by atoms with Crippen LogP contribution in [0.2, 0.25) is 0 Å². The Balaban J connectivity index is 1.75. The zero-order valence-electron chi connectivity index (χ0n) is 11.5. The Labute approximate surface area is 138 Å². The lowest BCUT2D eigenvalue weighted by molar-refractivity contribution is 0.102. The smallest absolute Gasteiger partial charge is 0.259 e. The molecule has 0 unspecified atom stereocenters. The predicted octanol–water partition coefficient (Wildman–Crippen LogP) is 4.23. The molecule has 0 bridgehead atoms. The molecule has 23 heavy (non-hydrogen) atoms. The Kier molecular flexibility index (Phi) is 3.21. The van der Waals surface area contributed by atoms with Crippen LogP contribution in [0, 0.1) is 10.6 Å². The van der Waals surface area contributed by atoms with Crippen LogP contribution in [0.25, 0.3) is 21.3 Å². The summed E-state index contributed by atoms with van der Waals surface area (Å²) in [6.07, 6.45) is 0. The van der Waals surface area contributed by atoms with Crippen molar-refractivity contribution in [2.45, 2.75) is 0 Å². The Morgan fingerprint density at radius 2 is 2.09 bits per heavy atom. The lowest BCUT2D eigenvalue weighted by Crippen LogP contribution is -2.12. The van der Waals surface area contributed by atoms with Crippen molar-refractivity contribution in [3.8, 4) is 0 Å². The van der Waals surface area contributed by atoms with Crippen molar-refractivity contribution >= 4 is 55.8 Å². The zero-order valence-corrected chi connectivity index (χ0v) is 13.1. The molecule has 5 nitrogen and oxygen atoms in total. The number of fused-ring (bicyclic) bond motifs is 2. The van der Waals surface area contributed by atoms with Crippen molar-refractivity contribution in [2.75, 3.05) is 5.32 Å². The fourth-order valence-corrected chi connectivity index (χ4v) is 3.45. The van der Waals surface area contributed by atoms with E-state index in [0.717, 1.165) is 10.2 Å². The zero-order chi connectivity index (χ0) is 16.0. The van der Waals surface area contributed by atoms with E-state index in [1.54, 1.807) is 0 Å². The molecule has 0 aliphatic heterocycles. The van der Waals surface area contributed by atoms with Crippen molar-refractivity contribution < 1.29 is 9.18 Å². The molecule has 2 heterocycles. The minimum atomic E-state index is -0.516. The summed E-state index contributed by atoms with van der Waals surface area (Å²) in [5.41, 5.74) is 1.89. The predicted molar refractivity (Wildman–Crippen MR) is 91.0 cm³/mol.